The summed E-state index contributed by atoms with van der Waals surface area (Å²) in [6.07, 6.45) is -2.40. The van der Waals surface area contributed by atoms with Gasteiger partial charge in [-0.3, -0.25) is 0 Å². The second-order valence-electron chi connectivity index (χ2n) is 8.23. The van der Waals surface area contributed by atoms with E-state index >= 15 is 4.39 Å². The number of carboxylic acid groups (broad SMARTS) is 1. The highest BCUT2D eigenvalue weighted by molar-refractivity contribution is 6.28. The zero-order chi connectivity index (χ0) is 25.4. The molecule has 0 bridgehead atoms. The second kappa shape index (κ2) is 9.56. The number of nitrogens with zero attached hydrogens (tertiary/aromatic N) is 3. The third-order valence-electron chi connectivity index (χ3n) is 6.12. The van der Waals surface area contributed by atoms with E-state index in [4.69, 9.17) is 26.8 Å². The third kappa shape index (κ3) is 4.25. The Kier molecular flexibility index (Phi) is 6.29. The molecule has 0 spiro atoms. The van der Waals surface area contributed by atoms with Crippen molar-refractivity contribution in [3.05, 3.63) is 88.8 Å². The standard InChI is InChI=1S/C25H20ClFN4O5/c26-25-29-20(28)16-10-11-31(21(16)30-25)22-19(27)18(14-8-4-5-9-15(14)23(32)33)17(36-22)12-35-24(34)13-6-2-1-3-7-13/h1-11,17-19,22H,12H2,(H,32,33)(H2,28,29,30)/t17-,18+,19-,22+/m0/s1. The fraction of sp³-hybridized carbons (Fsp3) is 0.200. The van der Waals surface area contributed by atoms with Gasteiger partial charge in [0.1, 0.15) is 24.2 Å². The number of halogens is 2. The first kappa shape index (κ1) is 23.7. The van der Waals surface area contributed by atoms with Gasteiger partial charge in [-0.25, -0.2) is 19.0 Å². The summed E-state index contributed by atoms with van der Waals surface area (Å²) in [6.45, 7) is -0.305. The number of hydrogen-bond acceptors (Lipinski definition) is 7. The van der Waals surface area contributed by atoms with Gasteiger partial charge in [0.2, 0.25) is 5.28 Å². The molecule has 1 fully saturated rings. The molecular formula is C25H20ClFN4O5. The molecule has 11 heteroatoms. The number of ether oxygens (including phenoxy) is 2. The number of nitrogens with two attached hydrogens (primary N) is 1. The van der Waals surface area contributed by atoms with Crippen LogP contribution in [0.5, 0.6) is 0 Å². The molecule has 1 saturated heterocycles. The summed E-state index contributed by atoms with van der Waals surface area (Å²) in [5.41, 5.74) is 6.67. The largest absolute Gasteiger partial charge is 0.478 e. The van der Waals surface area contributed by atoms with Crippen molar-refractivity contribution < 1.29 is 28.6 Å². The monoisotopic (exact) mass is 510 g/mol. The number of rotatable bonds is 6. The number of alkyl halides is 1. The first-order valence-electron chi connectivity index (χ1n) is 11.0. The van der Waals surface area contributed by atoms with Gasteiger partial charge in [0.25, 0.3) is 0 Å². The van der Waals surface area contributed by atoms with Crippen molar-refractivity contribution in [3.63, 3.8) is 0 Å². The highest BCUT2D eigenvalue weighted by Gasteiger charge is 2.48. The summed E-state index contributed by atoms with van der Waals surface area (Å²) in [4.78, 5) is 32.5. The van der Waals surface area contributed by atoms with Gasteiger partial charge in [-0.2, -0.15) is 4.98 Å². The van der Waals surface area contributed by atoms with E-state index in [1.54, 1.807) is 54.7 Å². The maximum absolute atomic E-state index is 16.2. The average molecular weight is 511 g/mol. The number of aromatic carboxylic acids is 1. The molecule has 36 heavy (non-hydrogen) atoms. The number of anilines is 1. The van der Waals surface area contributed by atoms with Crippen LogP contribution in [0.4, 0.5) is 10.2 Å². The summed E-state index contributed by atoms with van der Waals surface area (Å²) in [7, 11) is 0. The van der Waals surface area contributed by atoms with Gasteiger partial charge in [-0.05, 0) is 41.4 Å². The van der Waals surface area contributed by atoms with E-state index in [1.165, 1.54) is 16.7 Å². The van der Waals surface area contributed by atoms with Gasteiger partial charge in [0.15, 0.2) is 12.4 Å². The lowest BCUT2D eigenvalue weighted by molar-refractivity contribution is -0.0430. The molecule has 0 aliphatic carbocycles. The minimum atomic E-state index is -1.73. The summed E-state index contributed by atoms with van der Waals surface area (Å²) in [5.74, 6) is -2.75. The Balaban J connectivity index is 1.52. The Labute approximate surface area is 209 Å². The molecule has 3 heterocycles. The number of nitrogen functional groups attached to an aromatic ring is 1. The summed E-state index contributed by atoms with van der Waals surface area (Å²) >= 11 is 5.97. The van der Waals surface area contributed by atoms with Gasteiger partial charge in [0, 0.05) is 6.20 Å². The predicted octanol–water partition coefficient (Wildman–Crippen LogP) is 4.24. The van der Waals surface area contributed by atoms with Crippen molar-refractivity contribution in [2.45, 2.75) is 24.4 Å². The van der Waals surface area contributed by atoms with Crippen LogP contribution in [0.15, 0.2) is 66.9 Å². The molecule has 2 aromatic carbocycles. The van der Waals surface area contributed by atoms with Gasteiger partial charge in [-0.1, -0.05) is 36.4 Å². The Hall–Kier alpha value is -4.02. The number of hydrogen-bond donors (Lipinski definition) is 2. The molecule has 9 nitrogen and oxygen atoms in total. The van der Waals surface area contributed by atoms with Crippen LogP contribution in [0.1, 0.15) is 38.4 Å². The van der Waals surface area contributed by atoms with Crippen LogP contribution in [0, 0.1) is 0 Å². The fourth-order valence-corrected chi connectivity index (χ4v) is 4.66. The Morgan fingerprint density at radius 3 is 2.58 bits per heavy atom. The van der Waals surface area contributed by atoms with Gasteiger partial charge < -0.3 is 24.9 Å². The van der Waals surface area contributed by atoms with Crippen molar-refractivity contribution in [2.75, 3.05) is 12.3 Å². The number of benzene rings is 2. The first-order valence-corrected chi connectivity index (χ1v) is 11.4. The maximum Gasteiger partial charge on any atom is 0.338 e. The zero-order valence-corrected chi connectivity index (χ0v) is 19.4. The van der Waals surface area contributed by atoms with E-state index in [2.05, 4.69) is 9.97 Å². The first-order chi connectivity index (χ1) is 17.3. The Morgan fingerprint density at radius 2 is 1.83 bits per heavy atom. The van der Waals surface area contributed by atoms with Crippen molar-refractivity contribution in [1.29, 1.82) is 0 Å². The van der Waals surface area contributed by atoms with E-state index in [0.29, 0.717) is 10.9 Å². The molecule has 5 rings (SSSR count). The van der Waals surface area contributed by atoms with Gasteiger partial charge in [0.05, 0.1) is 22.4 Å². The summed E-state index contributed by atoms with van der Waals surface area (Å²) < 4.78 is 29.1. The number of esters is 1. The number of carbonyl (C=O) groups excluding carboxylic acids is 1. The average Bonchev–Trinajstić information content (AvgIpc) is 3.43. The normalized spacial score (nSPS) is 21.5. The number of aromatic nitrogens is 3. The molecule has 0 unspecified atom stereocenters. The predicted molar refractivity (Wildman–Crippen MR) is 129 cm³/mol. The van der Waals surface area contributed by atoms with Crippen LogP contribution in [-0.4, -0.2) is 50.5 Å². The molecule has 4 atom stereocenters. The van der Waals surface area contributed by atoms with Crippen LogP contribution < -0.4 is 5.73 Å². The van der Waals surface area contributed by atoms with Crippen molar-refractivity contribution in [2.24, 2.45) is 0 Å². The molecule has 4 aromatic rings. The lowest BCUT2D eigenvalue weighted by Gasteiger charge is -2.21. The molecular weight excluding hydrogens is 491 g/mol. The highest BCUT2D eigenvalue weighted by Crippen LogP contribution is 2.45. The molecule has 1 aliphatic heterocycles. The van der Waals surface area contributed by atoms with Gasteiger partial charge in [-0.15, -0.1) is 0 Å². The molecule has 2 aromatic heterocycles. The van der Waals surface area contributed by atoms with E-state index in [1.807, 2.05) is 0 Å². The number of carboxylic acids is 1. The van der Waals surface area contributed by atoms with Crippen molar-refractivity contribution in [1.82, 2.24) is 14.5 Å². The third-order valence-corrected chi connectivity index (χ3v) is 6.29. The van der Waals surface area contributed by atoms with Crippen LogP contribution in [0.25, 0.3) is 11.0 Å². The van der Waals surface area contributed by atoms with Gasteiger partial charge >= 0.3 is 11.9 Å². The summed E-state index contributed by atoms with van der Waals surface area (Å²) in [6, 6.07) is 16.0. The summed E-state index contributed by atoms with van der Waals surface area (Å²) in [5, 5.41) is 10.1. The van der Waals surface area contributed by atoms with E-state index in [9.17, 15) is 14.7 Å². The van der Waals surface area contributed by atoms with Crippen molar-refractivity contribution >= 4 is 40.4 Å². The van der Waals surface area contributed by atoms with Crippen molar-refractivity contribution in [3.8, 4) is 0 Å². The van der Waals surface area contributed by atoms with E-state index in [0.717, 1.165) is 0 Å². The molecule has 1 aliphatic rings. The highest BCUT2D eigenvalue weighted by atomic mass is 35.5. The second-order valence-corrected chi connectivity index (χ2v) is 8.57. The van der Waals surface area contributed by atoms with Crippen LogP contribution in [-0.2, 0) is 9.47 Å². The molecule has 3 N–H and O–H groups in total. The molecule has 0 saturated carbocycles. The quantitative estimate of drug-likeness (QED) is 0.291. The number of fused-ring (bicyclic) bond motifs is 1. The lowest BCUT2D eigenvalue weighted by atomic mass is 9.87. The minimum absolute atomic E-state index is 0.0687. The van der Waals surface area contributed by atoms with E-state index < -0.39 is 36.4 Å². The lowest BCUT2D eigenvalue weighted by Crippen LogP contribution is -2.27. The van der Waals surface area contributed by atoms with Crippen LogP contribution in [0.2, 0.25) is 5.28 Å². The topological polar surface area (TPSA) is 130 Å². The fourth-order valence-electron chi connectivity index (χ4n) is 4.49. The maximum atomic E-state index is 16.2. The minimum Gasteiger partial charge on any atom is -0.478 e. The SMILES string of the molecule is Nc1nc(Cl)nc2c1ccn2[C@@H]1O[C@@H](COC(=O)c2ccccc2)[C@@H](c2ccccc2C(=O)O)[C@@H]1F. The smallest absolute Gasteiger partial charge is 0.338 e. The molecule has 0 amide bonds. The molecule has 0 radical (unpaired) electrons. The Morgan fingerprint density at radius 1 is 1.11 bits per heavy atom. The molecule has 184 valence electrons. The Bertz CT molecular complexity index is 1450. The zero-order valence-electron chi connectivity index (χ0n) is 18.6. The van der Waals surface area contributed by atoms with Crippen LogP contribution in [0.3, 0.4) is 0 Å². The van der Waals surface area contributed by atoms with E-state index in [-0.39, 0.29) is 34.5 Å². The van der Waals surface area contributed by atoms with Crippen LogP contribution >= 0.6 is 11.6 Å². The number of carbonyl (C=O) groups is 2.